The minimum Gasteiger partial charge on any atom is -0.454 e. The Hall–Kier alpha value is -3.33. The topological polar surface area (TPSA) is 79.8 Å². The number of carbonyl (C=O) groups is 1. The Morgan fingerprint density at radius 1 is 1.11 bits per heavy atom. The van der Waals surface area contributed by atoms with Gasteiger partial charge in [-0.1, -0.05) is 18.6 Å². The lowest BCUT2D eigenvalue weighted by Crippen LogP contribution is -2.53. The van der Waals surface area contributed by atoms with E-state index in [4.69, 9.17) is 21.7 Å². The van der Waals surface area contributed by atoms with Gasteiger partial charge in [0.2, 0.25) is 12.7 Å². The van der Waals surface area contributed by atoms with E-state index >= 15 is 0 Å². The van der Waals surface area contributed by atoms with Crippen LogP contribution in [0.15, 0.2) is 41.2 Å². The molecule has 8 nitrogen and oxygen atoms in total. The lowest BCUT2D eigenvalue weighted by atomic mass is 10.1. The second-order valence-corrected chi connectivity index (χ2v) is 10.1. The molecule has 3 aromatic rings. The van der Waals surface area contributed by atoms with Gasteiger partial charge in [0.15, 0.2) is 16.3 Å². The predicted molar refractivity (Wildman–Crippen MR) is 143 cm³/mol. The van der Waals surface area contributed by atoms with Gasteiger partial charge in [-0.3, -0.25) is 14.2 Å². The SMILES string of the molecule is Cc1cccc(N2CCN(C(=O)CCCCCn3c(=S)[nH]c4cc5c(cc4c3=O)OCO5)C[C@H]2C)c1. The highest BCUT2D eigenvalue weighted by atomic mass is 32.1. The summed E-state index contributed by atoms with van der Waals surface area (Å²) >= 11 is 5.43. The first kappa shape index (κ1) is 24.4. The smallest absolute Gasteiger partial charge is 0.262 e. The van der Waals surface area contributed by atoms with Crippen LogP contribution in [0.2, 0.25) is 0 Å². The van der Waals surface area contributed by atoms with Crippen LogP contribution in [0.25, 0.3) is 10.9 Å². The Balaban J connectivity index is 1.11. The molecule has 190 valence electrons. The molecule has 3 heterocycles. The van der Waals surface area contributed by atoms with Gasteiger partial charge in [-0.15, -0.1) is 0 Å². The molecule has 2 aromatic carbocycles. The molecule has 1 N–H and O–H groups in total. The van der Waals surface area contributed by atoms with Gasteiger partial charge in [-0.25, -0.2) is 0 Å². The van der Waals surface area contributed by atoms with Gasteiger partial charge in [0.05, 0.1) is 10.9 Å². The number of aryl methyl sites for hydroxylation is 1. The Kier molecular flexibility index (Phi) is 7.00. The summed E-state index contributed by atoms with van der Waals surface area (Å²) in [5.41, 5.74) is 2.98. The van der Waals surface area contributed by atoms with E-state index in [1.165, 1.54) is 11.3 Å². The molecule has 0 bridgehead atoms. The average Bonchev–Trinajstić information content (AvgIpc) is 3.32. The maximum absolute atomic E-state index is 13.0. The van der Waals surface area contributed by atoms with Gasteiger partial charge in [-0.05, 0) is 62.7 Å². The summed E-state index contributed by atoms with van der Waals surface area (Å²) < 4.78 is 12.8. The van der Waals surface area contributed by atoms with E-state index in [9.17, 15) is 9.59 Å². The molecule has 9 heteroatoms. The van der Waals surface area contributed by atoms with Crippen molar-refractivity contribution in [2.75, 3.05) is 31.3 Å². The van der Waals surface area contributed by atoms with Crippen molar-refractivity contribution in [1.29, 1.82) is 0 Å². The number of aromatic amines is 1. The number of piperazine rings is 1. The summed E-state index contributed by atoms with van der Waals surface area (Å²) in [7, 11) is 0. The van der Waals surface area contributed by atoms with Crippen LogP contribution in [0.1, 0.15) is 38.2 Å². The summed E-state index contributed by atoms with van der Waals surface area (Å²) in [6, 6.07) is 12.3. The van der Waals surface area contributed by atoms with Gasteiger partial charge >= 0.3 is 0 Å². The van der Waals surface area contributed by atoms with Crippen molar-refractivity contribution in [1.82, 2.24) is 14.5 Å². The molecule has 1 saturated heterocycles. The van der Waals surface area contributed by atoms with Crippen LogP contribution in [-0.2, 0) is 11.3 Å². The van der Waals surface area contributed by atoms with E-state index < -0.39 is 0 Å². The second-order valence-electron chi connectivity index (χ2n) is 9.67. The normalized spacial score (nSPS) is 17.1. The molecule has 0 saturated carbocycles. The first-order valence-electron chi connectivity index (χ1n) is 12.6. The quantitative estimate of drug-likeness (QED) is 0.377. The molecular weight excluding hydrogens is 476 g/mol. The van der Waals surface area contributed by atoms with Crippen LogP contribution >= 0.6 is 12.2 Å². The summed E-state index contributed by atoms with van der Waals surface area (Å²) in [4.78, 5) is 33.4. The number of nitrogens with zero attached hydrogens (tertiary/aromatic N) is 3. The van der Waals surface area contributed by atoms with Gasteiger partial charge in [-0.2, -0.15) is 0 Å². The number of H-pyrrole nitrogens is 1. The number of hydrogen-bond acceptors (Lipinski definition) is 6. The maximum atomic E-state index is 13.0. The van der Waals surface area contributed by atoms with Crippen molar-refractivity contribution in [2.24, 2.45) is 0 Å². The molecule has 5 rings (SSSR count). The Morgan fingerprint density at radius 2 is 1.92 bits per heavy atom. The number of fused-ring (bicyclic) bond motifs is 2. The predicted octanol–water partition coefficient (Wildman–Crippen LogP) is 4.39. The highest BCUT2D eigenvalue weighted by molar-refractivity contribution is 7.71. The Morgan fingerprint density at radius 3 is 2.69 bits per heavy atom. The summed E-state index contributed by atoms with van der Waals surface area (Å²) in [5, 5.41) is 0.530. The number of ether oxygens (including phenoxy) is 2. The van der Waals surface area contributed by atoms with Gasteiger partial charge in [0.1, 0.15) is 0 Å². The fourth-order valence-corrected chi connectivity index (χ4v) is 5.39. The second kappa shape index (κ2) is 10.3. The first-order chi connectivity index (χ1) is 17.4. The fraction of sp³-hybridized carbons (Fsp3) is 0.444. The molecule has 36 heavy (non-hydrogen) atoms. The number of benzene rings is 2. The molecule has 2 aliphatic rings. The van der Waals surface area contributed by atoms with E-state index in [2.05, 4.69) is 48.0 Å². The molecule has 1 aromatic heterocycles. The van der Waals surface area contributed by atoms with Gasteiger partial charge < -0.3 is 24.3 Å². The number of aromatic nitrogens is 2. The summed E-state index contributed by atoms with van der Waals surface area (Å²) in [6.07, 6.45) is 2.95. The number of hydrogen-bond donors (Lipinski definition) is 1. The van der Waals surface area contributed by atoms with E-state index in [0.717, 1.165) is 38.9 Å². The first-order valence-corrected chi connectivity index (χ1v) is 13.0. The van der Waals surface area contributed by atoms with Crippen LogP contribution in [0, 0.1) is 11.7 Å². The van der Waals surface area contributed by atoms with Crippen molar-refractivity contribution in [3.63, 3.8) is 0 Å². The van der Waals surface area contributed by atoms with Gasteiger partial charge in [0, 0.05) is 50.4 Å². The third-order valence-electron chi connectivity index (χ3n) is 7.06. The average molecular weight is 509 g/mol. The van der Waals surface area contributed by atoms with Crippen molar-refractivity contribution >= 4 is 34.7 Å². The van der Waals surface area contributed by atoms with Crippen molar-refractivity contribution in [2.45, 2.75) is 52.1 Å². The lowest BCUT2D eigenvalue weighted by Gasteiger charge is -2.41. The zero-order chi connectivity index (χ0) is 25.2. The highest BCUT2D eigenvalue weighted by Crippen LogP contribution is 2.34. The van der Waals surface area contributed by atoms with E-state index in [1.54, 1.807) is 16.7 Å². The molecule has 0 aliphatic carbocycles. The van der Waals surface area contributed by atoms with Crippen molar-refractivity contribution in [3.05, 3.63) is 57.1 Å². The van der Waals surface area contributed by atoms with Crippen molar-refractivity contribution < 1.29 is 14.3 Å². The standard InChI is InChI=1S/C27H32N4O4S/c1-18-7-6-8-20(13-18)30-12-11-29(16-19(30)2)25(32)9-4-3-5-10-31-26(33)21-14-23-24(35-17-34-23)15-22(21)28-27(31)36/h6-8,13-15,19H,3-5,9-12,16-17H2,1-2H3,(H,28,36)/t19-/m1/s1. The largest absolute Gasteiger partial charge is 0.454 e. The fourth-order valence-electron chi connectivity index (χ4n) is 5.10. The zero-order valence-corrected chi connectivity index (χ0v) is 21.6. The molecule has 0 unspecified atom stereocenters. The van der Waals surface area contributed by atoms with Crippen LogP contribution in [0.5, 0.6) is 11.5 Å². The number of anilines is 1. The molecule has 0 spiro atoms. The van der Waals surface area contributed by atoms with Crippen LogP contribution in [-0.4, -0.2) is 52.8 Å². The number of nitrogens with one attached hydrogen (secondary N) is 1. The van der Waals surface area contributed by atoms with Gasteiger partial charge in [0.25, 0.3) is 5.56 Å². The lowest BCUT2D eigenvalue weighted by molar-refractivity contribution is -0.132. The molecular formula is C27H32N4O4S. The third kappa shape index (κ3) is 4.97. The number of unbranched alkanes of at least 4 members (excludes halogenated alkanes) is 2. The maximum Gasteiger partial charge on any atom is 0.262 e. The summed E-state index contributed by atoms with van der Waals surface area (Å²) in [5.74, 6) is 1.40. The Bertz CT molecular complexity index is 1400. The highest BCUT2D eigenvalue weighted by Gasteiger charge is 2.26. The minimum atomic E-state index is -0.136. The number of rotatable bonds is 7. The molecule has 1 fully saturated rings. The summed E-state index contributed by atoms with van der Waals surface area (Å²) in [6.45, 7) is 7.29. The van der Waals surface area contributed by atoms with E-state index in [-0.39, 0.29) is 24.3 Å². The zero-order valence-electron chi connectivity index (χ0n) is 20.8. The number of amides is 1. The Labute approximate surface area is 215 Å². The van der Waals surface area contributed by atoms with E-state index in [0.29, 0.717) is 40.1 Å². The minimum absolute atomic E-state index is 0.136. The molecule has 2 aliphatic heterocycles. The third-order valence-corrected chi connectivity index (χ3v) is 7.38. The molecule has 1 atom stereocenters. The monoisotopic (exact) mass is 508 g/mol. The van der Waals surface area contributed by atoms with Crippen LogP contribution in [0.4, 0.5) is 5.69 Å². The van der Waals surface area contributed by atoms with E-state index in [1.807, 2.05) is 4.90 Å². The molecule has 0 radical (unpaired) electrons. The van der Waals surface area contributed by atoms with Crippen molar-refractivity contribution in [3.8, 4) is 11.5 Å². The van der Waals surface area contributed by atoms with Crippen LogP contribution < -0.4 is 19.9 Å². The van der Waals surface area contributed by atoms with Crippen LogP contribution in [0.3, 0.4) is 0 Å². The molecule has 1 amide bonds. The number of carbonyl (C=O) groups excluding carboxylic acids is 1.